The third kappa shape index (κ3) is 3.80. The number of pyridine rings is 1. The highest BCUT2D eigenvalue weighted by molar-refractivity contribution is 7.08. The molecule has 3 atom stereocenters. The lowest BCUT2D eigenvalue weighted by Crippen LogP contribution is -2.47. The van der Waals surface area contributed by atoms with Crippen LogP contribution in [0.2, 0.25) is 0 Å². The van der Waals surface area contributed by atoms with Crippen molar-refractivity contribution in [1.29, 1.82) is 0 Å². The van der Waals surface area contributed by atoms with Crippen molar-refractivity contribution >= 4 is 17.2 Å². The molecule has 0 bridgehead atoms. The van der Waals surface area contributed by atoms with E-state index in [4.69, 9.17) is 0 Å². The molecule has 0 aliphatic carbocycles. The first kappa shape index (κ1) is 19.5. The van der Waals surface area contributed by atoms with Gasteiger partial charge in [-0.25, -0.2) is 0 Å². The molecule has 2 aromatic heterocycles. The Bertz CT molecular complexity index is 987. The largest absolute Gasteiger partial charge is 0.335 e. The number of piperidine rings is 1. The van der Waals surface area contributed by atoms with E-state index in [9.17, 15) is 4.79 Å². The fraction of sp³-hybridized carbons (Fsp3) is 0.360. The lowest BCUT2D eigenvalue weighted by atomic mass is 9.82. The molecule has 0 N–H and O–H groups in total. The van der Waals surface area contributed by atoms with Crippen LogP contribution in [0, 0.1) is 12.8 Å². The van der Waals surface area contributed by atoms with Gasteiger partial charge in [0, 0.05) is 62.0 Å². The van der Waals surface area contributed by atoms with E-state index in [2.05, 4.69) is 62.8 Å². The number of aryl methyl sites for hydroxylation is 1. The molecule has 4 heterocycles. The van der Waals surface area contributed by atoms with Gasteiger partial charge >= 0.3 is 0 Å². The highest BCUT2D eigenvalue weighted by atomic mass is 32.1. The number of aromatic nitrogens is 1. The van der Waals surface area contributed by atoms with Gasteiger partial charge in [0.05, 0.1) is 0 Å². The van der Waals surface area contributed by atoms with Crippen LogP contribution in [0.15, 0.2) is 65.6 Å². The lowest BCUT2D eigenvalue weighted by molar-refractivity contribution is 0.0614. The van der Waals surface area contributed by atoms with Crippen molar-refractivity contribution in [2.45, 2.75) is 31.8 Å². The average Bonchev–Trinajstić information content (AvgIpc) is 3.43. The van der Waals surface area contributed by atoms with Gasteiger partial charge in [0.15, 0.2) is 0 Å². The zero-order valence-electron chi connectivity index (χ0n) is 17.3. The van der Waals surface area contributed by atoms with Crippen molar-refractivity contribution in [3.8, 4) is 0 Å². The topological polar surface area (TPSA) is 36.4 Å². The first-order valence-electron chi connectivity index (χ1n) is 10.7. The van der Waals surface area contributed by atoms with Crippen LogP contribution in [0.4, 0.5) is 0 Å². The Balaban J connectivity index is 1.38. The molecule has 2 aliphatic heterocycles. The highest BCUT2D eigenvalue weighted by Crippen LogP contribution is 2.42. The fourth-order valence-corrected chi connectivity index (χ4v) is 5.86. The van der Waals surface area contributed by atoms with Crippen molar-refractivity contribution in [1.82, 2.24) is 14.8 Å². The molecule has 1 amide bonds. The van der Waals surface area contributed by atoms with E-state index in [0.717, 1.165) is 38.2 Å². The number of hydrogen-bond acceptors (Lipinski definition) is 4. The summed E-state index contributed by atoms with van der Waals surface area (Å²) in [6, 6.07) is 15.1. The van der Waals surface area contributed by atoms with Crippen LogP contribution in [0.25, 0.3) is 0 Å². The Hall–Kier alpha value is -2.50. The Kier molecular flexibility index (Phi) is 5.40. The smallest absolute Gasteiger partial charge is 0.254 e. The summed E-state index contributed by atoms with van der Waals surface area (Å²) in [7, 11) is 0. The zero-order valence-corrected chi connectivity index (χ0v) is 18.1. The first-order valence-corrected chi connectivity index (χ1v) is 11.6. The van der Waals surface area contributed by atoms with Gasteiger partial charge in [-0.05, 0) is 53.4 Å². The summed E-state index contributed by atoms with van der Waals surface area (Å²) in [6.07, 6.45) is 4.45. The summed E-state index contributed by atoms with van der Waals surface area (Å²) in [5.41, 5.74) is 4.80. The van der Waals surface area contributed by atoms with E-state index >= 15 is 0 Å². The molecular weight excluding hydrogens is 390 g/mol. The van der Waals surface area contributed by atoms with Gasteiger partial charge in [-0.2, -0.15) is 11.3 Å². The standard InChI is InChI=1S/C25H27N3OS/c1-18-2-4-19(5-3-18)14-27-12-8-24-23(15-27)22(21-9-13-30-17-21)16-28(24)25(29)20-6-10-26-11-7-20/h2-7,9-11,13,17,22-24H,8,12,14-16H2,1H3/t22-,23-,24-/m0/s1. The van der Waals surface area contributed by atoms with Gasteiger partial charge in [0.2, 0.25) is 0 Å². The van der Waals surface area contributed by atoms with Crippen LogP contribution in [-0.4, -0.2) is 46.4 Å². The van der Waals surface area contributed by atoms with Gasteiger partial charge in [0.1, 0.15) is 0 Å². The van der Waals surface area contributed by atoms with E-state index < -0.39 is 0 Å². The second kappa shape index (κ2) is 8.32. The number of carbonyl (C=O) groups is 1. The third-order valence-electron chi connectivity index (χ3n) is 6.70. The molecule has 2 aliphatic rings. The SMILES string of the molecule is Cc1ccc(CN2CC[C@H]3[C@@H](C2)[C@H](c2ccsc2)CN3C(=O)c2ccncc2)cc1. The second-order valence-electron chi connectivity index (χ2n) is 8.60. The van der Waals surface area contributed by atoms with Crippen molar-refractivity contribution in [2.24, 2.45) is 5.92 Å². The van der Waals surface area contributed by atoms with E-state index in [0.29, 0.717) is 17.9 Å². The minimum Gasteiger partial charge on any atom is -0.335 e. The van der Waals surface area contributed by atoms with Crippen LogP contribution in [0.5, 0.6) is 0 Å². The van der Waals surface area contributed by atoms with Crippen molar-refractivity contribution in [3.05, 3.63) is 87.9 Å². The van der Waals surface area contributed by atoms with E-state index in [1.807, 2.05) is 12.1 Å². The molecule has 154 valence electrons. The summed E-state index contributed by atoms with van der Waals surface area (Å²) in [5, 5.41) is 4.42. The minimum absolute atomic E-state index is 0.150. The summed E-state index contributed by atoms with van der Waals surface area (Å²) >= 11 is 1.75. The number of thiophene rings is 1. The number of amides is 1. The predicted molar refractivity (Wildman–Crippen MR) is 121 cm³/mol. The van der Waals surface area contributed by atoms with Gasteiger partial charge in [-0.3, -0.25) is 14.7 Å². The number of benzene rings is 1. The van der Waals surface area contributed by atoms with Crippen LogP contribution in [-0.2, 0) is 6.54 Å². The van der Waals surface area contributed by atoms with Crippen LogP contribution in [0.3, 0.4) is 0 Å². The molecule has 30 heavy (non-hydrogen) atoms. The molecule has 1 aromatic carbocycles. The Morgan fingerprint density at radius 2 is 1.90 bits per heavy atom. The van der Waals surface area contributed by atoms with E-state index in [1.54, 1.807) is 23.7 Å². The monoisotopic (exact) mass is 417 g/mol. The normalized spacial score (nSPS) is 24.0. The van der Waals surface area contributed by atoms with Crippen molar-refractivity contribution < 1.29 is 4.79 Å². The van der Waals surface area contributed by atoms with Gasteiger partial charge in [0.25, 0.3) is 5.91 Å². The first-order chi connectivity index (χ1) is 14.7. The summed E-state index contributed by atoms with van der Waals surface area (Å²) in [5.74, 6) is 1.04. The zero-order chi connectivity index (χ0) is 20.5. The summed E-state index contributed by atoms with van der Waals surface area (Å²) < 4.78 is 0. The van der Waals surface area contributed by atoms with E-state index in [1.165, 1.54) is 16.7 Å². The average molecular weight is 418 g/mol. The molecule has 2 saturated heterocycles. The molecule has 5 heteroatoms. The van der Waals surface area contributed by atoms with Crippen molar-refractivity contribution in [2.75, 3.05) is 19.6 Å². The van der Waals surface area contributed by atoms with E-state index in [-0.39, 0.29) is 5.91 Å². The summed E-state index contributed by atoms with van der Waals surface area (Å²) in [4.78, 5) is 22.1. The van der Waals surface area contributed by atoms with Crippen LogP contribution < -0.4 is 0 Å². The minimum atomic E-state index is 0.150. The lowest BCUT2D eigenvalue weighted by Gasteiger charge is -2.39. The molecule has 2 fully saturated rings. The summed E-state index contributed by atoms with van der Waals surface area (Å²) in [6.45, 7) is 6.00. The fourth-order valence-electron chi connectivity index (χ4n) is 5.13. The van der Waals surface area contributed by atoms with Gasteiger partial charge in [-0.15, -0.1) is 0 Å². The Morgan fingerprint density at radius 3 is 2.63 bits per heavy atom. The Morgan fingerprint density at radius 1 is 1.10 bits per heavy atom. The number of carbonyl (C=O) groups excluding carboxylic acids is 1. The molecule has 3 aromatic rings. The van der Waals surface area contributed by atoms with Gasteiger partial charge < -0.3 is 4.90 Å². The maximum atomic E-state index is 13.3. The number of hydrogen-bond donors (Lipinski definition) is 0. The van der Waals surface area contributed by atoms with Crippen LogP contribution in [0.1, 0.15) is 39.4 Å². The maximum absolute atomic E-state index is 13.3. The number of likely N-dealkylation sites (tertiary alicyclic amines) is 2. The molecular formula is C25H27N3OS. The highest BCUT2D eigenvalue weighted by Gasteiger charge is 2.47. The van der Waals surface area contributed by atoms with Crippen LogP contribution >= 0.6 is 11.3 Å². The molecule has 0 unspecified atom stereocenters. The molecule has 5 rings (SSSR count). The third-order valence-corrected chi connectivity index (χ3v) is 7.40. The Labute approximate surface area is 182 Å². The number of rotatable bonds is 4. The quantitative estimate of drug-likeness (QED) is 0.623. The second-order valence-corrected chi connectivity index (χ2v) is 9.38. The predicted octanol–water partition coefficient (Wildman–Crippen LogP) is 4.58. The van der Waals surface area contributed by atoms with Gasteiger partial charge in [-0.1, -0.05) is 29.8 Å². The molecule has 4 nitrogen and oxygen atoms in total. The molecule has 0 radical (unpaired) electrons. The molecule has 0 spiro atoms. The number of nitrogens with zero attached hydrogens (tertiary/aromatic N) is 3. The number of fused-ring (bicyclic) bond motifs is 1. The van der Waals surface area contributed by atoms with Crippen molar-refractivity contribution in [3.63, 3.8) is 0 Å². The maximum Gasteiger partial charge on any atom is 0.254 e. The molecule has 0 saturated carbocycles.